The minimum absolute atomic E-state index is 0.233. The van der Waals surface area contributed by atoms with Crippen LogP contribution in [0.5, 0.6) is 11.6 Å². The van der Waals surface area contributed by atoms with Crippen molar-refractivity contribution in [1.82, 2.24) is 19.9 Å². The van der Waals surface area contributed by atoms with Crippen molar-refractivity contribution in [3.63, 3.8) is 0 Å². The van der Waals surface area contributed by atoms with Gasteiger partial charge < -0.3 is 14.0 Å². The highest BCUT2D eigenvalue weighted by molar-refractivity contribution is 8.15. The second-order valence-electron chi connectivity index (χ2n) is 6.53. The number of imidazole rings is 1. The number of fused-ring (bicyclic) bond motifs is 1. The quantitative estimate of drug-likeness (QED) is 0.637. The zero-order valence-electron chi connectivity index (χ0n) is 16.0. The highest BCUT2D eigenvalue weighted by atomic mass is 32.2. The van der Waals surface area contributed by atoms with Gasteiger partial charge in [-0.25, -0.2) is 4.98 Å². The van der Waals surface area contributed by atoms with Gasteiger partial charge in [0.05, 0.1) is 11.9 Å². The molecular formula is C20H20N4O4S. The Hall–Kier alpha value is -3.07. The lowest BCUT2D eigenvalue weighted by atomic mass is 10.1. The van der Waals surface area contributed by atoms with Crippen molar-refractivity contribution in [2.24, 2.45) is 7.05 Å². The lowest BCUT2D eigenvalue weighted by Crippen LogP contribution is -2.25. The fraction of sp³-hybridized carbons (Fsp3) is 0.300. The molecule has 29 heavy (non-hydrogen) atoms. The molecule has 1 aliphatic heterocycles. The summed E-state index contributed by atoms with van der Waals surface area (Å²) in [6.45, 7) is 2.77. The monoisotopic (exact) mass is 412 g/mol. The number of rotatable bonds is 7. The van der Waals surface area contributed by atoms with Crippen molar-refractivity contribution in [2.45, 2.75) is 25.2 Å². The van der Waals surface area contributed by atoms with E-state index in [1.54, 1.807) is 6.07 Å². The zero-order valence-corrected chi connectivity index (χ0v) is 16.9. The van der Waals surface area contributed by atoms with Gasteiger partial charge in [0.15, 0.2) is 5.65 Å². The van der Waals surface area contributed by atoms with E-state index in [4.69, 9.17) is 9.47 Å². The first-order valence-electron chi connectivity index (χ1n) is 9.22. The van der Waals surface area contributed by atoms with Gasteiger partial charge >= 0.3 is 0 Å². The molecule has 1 aliphatic rings. The summed E-state index contributed by atoms with van der Waals surface area (Å²) >= 11 is 1.03. The number of nitrogens with zero attached hydrogens (tertiary/aromatic N) is 3. The molecule has 8 nitrogen and oxygen atoms in total. The first-order valence-corrected chi connectivity index (χ1v) is 10.1. The van der Waals surface area contributed by atoms with E-state index in [0.29, 0.717) is 31.3 Å². The minimum Gasteiger partial charge on any atom is -0.486 e. The average molecular weight is 412 g/mol. The van der Waals surface area contributed by atoms with Crippen molar-refractivity contribution < 1.29 is 19.1 Å². The number of carbonyl (C=O) groups is 2. The third-order valence-electron chi connectivity index (χ3n) is 4.55. The van der Waals surface area contributed by atoms with E-state index in [9.17, 15) is 9.59 Å². The lowest BCUT2D eigenvalue weighted by molar-refractivity contribution is -0.118. The van der Waals surface area contributed by atoms with Crippen LogP contribution in [0.4, 0.5) is 4.79 Å². The van der Waals surface area contributed by atoms with Crippen LogP contribution in [-0.4, -0.2) is 37.5 Å². The number of aryl methyl sites for hydroxylation is 1. The summed E-state index contributed by atoms with van der Waals surface area (Å²) in [5.41, 5.74) is 2.49. The molecule has 2 aromatic heterocycles. The number of carbonyl (C=O) groups excluding carboxylic acids is 2. The SMILES string of the molecule is CCOc1ccc2nc(COc3ccc(CC4SC(=O)NC4=O)cc3)n(C)c2n1. The van der Waals surface area contributed by atoms with Crippen molar-refractivity contribution in [2.75, 3.05) is 6.61 Å². The number of amides is 2. The number of ether oxygens (including phenoxy) is 2. The van der Waals surface area contributed by atoms with Crippen LogP contribution in [0.2, 0.25) is 0 Å². The number of imide groups is 1. The van der Waals surface area contributed by atoms with Crippen LogP contribution in [0, 0.1) is 0 Å². The van der Waals surface area contributed by atoms with Gasteiger partial charge in [0.25, 0.3) is 5.24 Å². The van der Waals surface area contributed by atoms with Crippen molar-refractivity contribution in [1.29, 1.82) is 0 Å². The van der Waals surface area contributed by atoms with E-state index >= 15 is 0 Å². The summed E-state index contributed by atoms with van der Waals surface area (Å²) in [7, 11) is 1.89. The molecule has 1 atom stereocenters. The van der Waals surface area contributed by atoms with Gasteiger partial charge in [-0.3, -0.25) is 14.9 Å². The van der Waals surface area contributed by atoms with Crippen LogP contribution in [0.1, 0.15) is 18.3 Å². The maximum absolute atomic E-state index is 11.7. The molecule has 1 fully saturated rings. The van der Waals surface area contributed by atoms with Crippen LogP contribution in [0.3, 0.4) is 0 Å². The fourth-order valence-corrected chi connectivity index (χ4v) is 3.92. The summed E-state index contributed by atoms with van der Waals surface area (Å²) in [5.74, 6) is 1.79. The van der Waals surface area contributed by atoms with E-state index in [0.717, 1.165) is 34.3 Å². The molecule has 3 heterocycles. The summed E-state index contributed by atoms with van der Waals surface area (Å²) in [4.78, 5) is 32.0. The molecule has 0 radical (unpaired) electrons. The van der Waals surface area contributed by atoms with Gasteiger partial charge in [-0.05, 0) is 37.1 Å². The van der Waals surface area contributed by atoms with Crippen molar-refractivity contribution in [3.05, 3.63) is 47.8 Å². The van der Waals surface area contributed by atoms with E-state index in [1.807, 2.05) is 48.9 Å². The highest BCUT2D eigenvalue weighted by Crippen LogP contribution is 2.24. The van der Waals surface area contributed by atoms with Gasteiger partial charge in [0.2, 0.25) is 11.8 Å². The number of thioether (sulfide) groups is 1. The Kier molecular flexibility index (Phi) is 5.39. The first-order chi connectivity index (χ1) is 14.0. The molecule has 4 rings (SSSR count). The number of aromatic nitrogens is 3. The molecule has 1 unspecified atom stereocenters. The van der Waals surface area contributed by atoms with Crippen LogP contribution in [-0.2, 0) is 24.9 Å². The average Bonchev–Trinajstić information content (AvgIpc) is 3.19. The molecule has 150 valence electrons. The minimum atomic E-state index is -0.372. The van der Waals surface area contributed by atoms with Crippen LogP contribution in [0.25, 0.3) is 11.2 Å². The molecule has 1 saturated heterocycles. The fourth-order valence-electron chi connectivity index (χ4n) is 3.06. The predicted molar refractivity (Wildman–Crippen MR) is 109 cm³/mol. The number of hydrogen-bond donors (Lipinski definition) is 1. The molecule has 0 saturated carbocycles. The molecule has 0 spiro atoms. The highest BCUT2D eigenvalue weighted by Gasteiger charge is 2.31. The third kappa shape index (κ3) is 4.19. The molecule has 1 N–H and O–H groups in total. The van der Waals surface area contributed by atoms with E-state index in [-0.39, 0.29) is 16.4 Å². The number of nitrogens with one attached hydrogen (secondary N) is 1. The molecule has 3 aromatic rings. The van der Waals surface area contributed by atoms with Crippen LogP contribution >= 0.6 is 11.8 Å². The Morgan fingerprint density at radius 2 is 1.90 bits per heavy atom. The molecule has 0 bridgehead atoms. The van der Waals surface area contributed by atoms with Crippen LogP contribution in [0.15, 0.2) is 36.4 Å². The van der Waals surface area contributed by atoms with Gasteiger partial charge in [-0.1, -0.05) is 23.9 Å². The maximum Gasteiger partial charge on any atom is 0.286 e. The second kappa shape index (κ2) is 8.12. The van der Waals surface area contributed by atoms with Crippen molar-refractivity contribution in [3.8, 4) is 11.6 Å². The normalized spacial score (nSPS) is 16.3. The van der Waals surface area contributed by atoms with Crippen molar-refractivity contribution >= 4 is 34.1 Å². The Morgan fingerprint density at radius 1 is 1.10 bits per heavy atom. The largest absolute Gasteiger partial charge is 0.486 e. The molecule has 0 aliphatic carbocycles. The number of hydrogen-bond acceptors (Lipinski definition) is 7. The van der Waals surface area contributed by atoms with Gasteiger partial charge in [0.1, 0.15) is 23.7 Å². The molecular weight excluding hydrogens is 392 g/mol. The van der Waals surface area contributed by atoms with E-state index in [2.05, 4.69) is 15.3 Å². The number of pyridine rings is 1. The second-order valence-corrected chi connectivity index (χ2v) is 7.71. The van der Waals surface area contributed by atoms with E-state index < -0.39 is 0 Å². The van der Waals surface area contributed by atoms with E-state index in [1.165, 1.54) is 0 Å². The lowest BCUT2D eigenvalue weighted by Gasteiger charge is -2.09. The molecule has 9 heteroatoms. The van der Waals surface area contributed by atoms with Gasteiger partial charge in [-0.15, -0.1) is 0 Å². The standard InChI is InChI=1S/C20H20N4O4S/c1-3-27-17-9-8-14-18(22-17)24(2)16(21-14)11-28-13-6-4-12(5-7-13)10-15-19(25)23-20(26)29-15/h4-9,15H,3,10-11H2,1-2H3,(H,23,25,26). The zero-order chi connectivity index (χ0) is 20.4. The topological polar surface area (TPSA) is 95.3 Å². The Labute approximate surface area is 171 Å². The Morgan fingerprint density at radius 3 is 2.59 bits per heavy atom. The Balaban J connectivity index is 1.40. The smallest absolute Gasteiger partial charge is 0.286 e. The predicted octanol–water partition coefficient (Wildman–Crippen LogP) is 2.84. The molecule has 1 aromatic carbocycles. The number of benzene rings is 1. The summed E-state index contributed by atoms with van der Waals surface area (Å²) in [6.07, 6.45) is 0.501. The van der Waals surface area contributed by atoms with Crippen LogP contribution < -0.4 is 14.8 Å². The molecule has 2 amide bonds. The summed E-state index contributed by atoms with van der Waals surface area (Å²) in [6, 6.07) is 11.2. The first kappa shape index (κ1) is 19.3. The summed E-state index contributed by atoms with van der Waals surface area (Å²) in [5, 5.41) is 1.64. The third-order valence-corrected chi connectivity index (χ3v) is 5.54. The van der Waals surface area contributed by atoms with Gasteiger partial charge in [0, 0.05) is 13.1 Å². The Bertz CT molecular complexity index is 1060. The van der Waals surface area contributed by atoms with Gasteiger partial charge in [-0.2, -0.15) is 4.98 Å². The summed E-state index contributed by atoms with van der Waals surface area (Å²) < 4.78 is 13.2. The maximum atomic E-state index is 11.7.